The first-order valence-corrected chi connectivity index (χ1v) is 4.29. The van der Waals surface area contributed by atoms with Gasteiger partial charge in [0.15, 0.2) is 6.04 Å². The Morgan fingerprint density at radius 1 is 1.47 bits per heavy atom. The molecule has 1 heterocycles. The fraction of sp³-hybridized carbons (Fsp3) is 0.100. The molecule has 1 aromatic carbocycles. The monoisotopic (exact) mass is 207 g/mol. The number of carboxylic acids is 1. The smallest absolute Gasteiger partial charge is 0.328 e. The van der Waals surface area contributed by atoms with Crippen molar-refractivity contribution >= 4 is 16.9 Å². The second-order valence-electron chi connectivity index (χ2n) is 3.15. The first-order chi connectivity index (χ1) is 7.09. The highest BCUT2D eigenvalue weighted by atomic mass is 16.4. The molecular formula is C10H9NO4. The maximum Gasteiger partial charge on any atom is 0.328 e. The van der Waals surface area contributed by atoms with Crippen molar-refractivity contribution in [1.82, 2.24) is 0 Å². The van der Waals surface area contributed by atoms with E-state index < -0.39 is 12.0 Å². The number of aliphatic carboxylic acids is 1. The Balaban J connectivity index is 2.56. The van der Waals surface area contributed by atoms with Crippen molar-refractivity contribution in [3.8, 4) is 5.75 Å². The van der Waals surface area contributed by atoms with E-state index in [0.717, 1.165) is 0 Å². The maximum atomic E-state index is 10.6. The van der Waals surface area contributed by atoms with Gasteiger partial charge >= 0.3 is 5.97 Å². The number of phenolic OH excluding ortho intramolecular Hbond substituents is 1. The topological polar surface area (TPSA) is 96.7 Å². The lowest BCUT2D eigenvalue weighted by atomic mass is 10.2. The summed E-state index contributed by atoms with van der Waals surface area (Å²) in [7, 11) is 0. The zero-order valence-corrected chi connectivity index (χ0v) is 7.68. The highest BCUT2D eigenvalue weighted by Crippen LogP contribution is 2.29. The van der Waals surface area contributed by atoms with E-state index in [4.69, 9.17) is 15.3 Å². The first-order valence-electron chi connectivity index (χ1n) is 4.29. The standard InChI is InChI=1S/C10H9NO4/c11-9(10(13)14)8-4-5-6(12)2-1-3-7(5)15-8/h1-4,9,12H,11H2,(H,13,14). The van der Waals surface area contributed by atoms with Crippen LogP contribution in [0.25, 0.3) is 11.0 Å². The Kier molecular flexibility index (Phi) is 2.09. The zero-order valence-electron chi connectivity index (χ0n) is 7.68. The molecule has 5 nitrogen and oxygen atoms in total. The van der Waals surface area contributed by atoms with Gasteiger partial charge in [0.05, 0.1) is 5.39 Å². The molecule has 78 valence electrons. The highest BCUT2D eigenvalue weighted by Gasteiger charge is 2.19. The fourth-order valence-electron chi connectivity index (χ4n) is 1.34. The molecule has 1 unspecified atom stereocenters. The molecule has 0 aliphatic heterocycles. The third-order valence-corrected chi connectivity index (χ3v) is 2.13. The summed E-state index contributed by atoms with van der Waals surface area (Å²) in [4.78, 5) is 10.6. The molecule has 0 bridgehead atoms. The molecule has 0 aliphatic rings. The molecule has 1 aromatic heterocycles. The largest absolute Gasteiger partial charge is 0.507 e. The van der Waals surface area contributed by atoms with Crippen molar-refractivity contribution in [2.75, 3.05) is 0 Å². The number of carboxylic acid groups (broad SMARTS) is 1. The van der Waals surface area contributed by atoms with E-state index >= 15 is 0 Å². The number of benzene rings is 1. The molecular weight excluding hydrogens is 198 g/mol. The fourth-order valence-corrected chi connectivity index (χ4v) is 1.34. The van der Waals surface area contributed by atoms with Crippen LogP contribution in [0.15, 0.2) is 28.7 Å². The van der Waals surface area contributed by atoms with E-state index in [-0.39, 0.29) is 11.5 Å². The number of carbonyl (C=O) groups is 1. The molecule has 0 fully saturated rings. The Labute approximate surface area is 84.7 Å². The number of nitrogens with two attached hydrogens (primary N) is 1. The number of hydrogen-bond acceptors (Lipinski definition) is 4. The van der Waals surface area contributed by atoms with Crippen molar-refractivity contribution in [2.24, 2.45) is 5.73 Å². The number of phenols is 1. The highest BCUT2D eigenvalue weighted by molar-refractivity contribution is 5.86. The molecule has 0 radical (unpaired) electrons. The van der Waals surface area contributed by atoms with Gasteiger partial charge in [-0.2, -0.15) is 0 Å². The Morgan fingerprint density at radius 3 is 2.80 bits per heavy atom. The average molecular weight is 207 g/mol. The Bertz CT molecular complexity index is 517. The summed E-state index contributed by atoms with van der Waals surface area (Å²) >= 11 is 0. The molecule has 0 saturated carbocycles. The minimum Gasteiger partial charge on any atom is -0.507 e. The summed E-state index contributed by atoms with van der Waals surface area (Å²) in [6.07, 6.45) is 0. The number of rotatable bonds is 2. The van der Waals surface area contributed by atoms with Gasteiger partial charge < -0.3 is 20.4 Å². The molecule has 1 atom stereocenters. The minimum atomic E-state index is -1.21. The molecule has 15 heavy (non-hydrogen) atoms. The van der Waals surface area contributed by atoms with Gasteiger partial charge in [-0.1, -0.05) is 6.07 Å². The number of hydrogen-bond donors (Lipinski definition) is 3. The van der Waals surface area contributed by atoms with E-state index in [2.05, 4.69) is 0 Å². The lowest BCUT2D eigenvalue weighted by Gasteiger charge is -1.99. The minimum absolute atomic E-state index is 0.0417. The normalized spacial score (nSPS) is 12.9. The summed E-state index contributed by atoms with van der Waals surface area (Å²) in [5, 5.41) is 18.6. The second kappa shape index (κ2) is 3.29. The van der Waals surface area contributed by atoms with Crippen LogP contribution in [0, 0.1) is 0 Å². The molecule has 4 N–H and O–H groups in total. The number of aromatic hydroxyl groups is 1. The van der Waals surface area contributed by atoms with Crippen molar-refractivity contribution in [1.29, 1.82) is 0 Å². The molecule has 0 aliphatic carbocycles. The van der Waals surface area contributed by atoms with Gasteiger partial charge in [0.1, 0.15) is 17.1 Å². The summed E-state index contributed by atoms with van der Waals surface area (Å²) in [6.45, 7) is 0. The summed E-state index contributed by atoms with van der Waals surface area (Å²) < 4.78 is 5.21. The van der Waals surface area contributed by atoms with Crippen molar-refractivity contribution in [2.45, 2.75) is 6.04 Å². The van der Waals surface area contributed by atoms with Crippen molar-refractivity contribution in [3.63, 3.8) is 0 Å². The molecule has 2 aromatic rings. The maximum absolute atomic E-state index is 10.6. The first kappa shape index (κ1) is 9.54. The predicted octanol–water partition coefficient (Wildman–Crippen LogP) is 1.22. The summed E-state index contributed by atoms with van der Waals surface area (Å²) in [5.74, 6) is -1.01. The van der Waals surface area contributed by atoms with Crippen LogP contribution in [0.1, 0.15) is 11.8 Å². The van der Waals surface area contributed by atoms with Crippen LogP contribution in [-0.2, 0) is 4.79 Å². The summed E-state index contributed by atoms with van der Waals surface area (Å²) in [6, 6.07) is 4.96. The Hall–Kier alpha value is -2.01. The molecule has 5 heteroatoms. The van der Waals surface area contributed by atoms with E-state index in [1.807, 2.05) is 0 Å². The van der Waals surface area contributed by atoms with Crippen LogP contribution in [0.3, 0.4) is 0 Å². The number of fused-ring (bicyclic) bond motifs is 1. The third kappa shape index (κ3) is 1.53. The third-order valence-electron chi connectivity index (χ3n) is 2.13. The summed E-state index contributed by atoms with van der Waals surface area (Å²) in [5.41, 5.74) is 5.80. The quantitative estimate of drug-likeness (QED) is 0.688. The predicted molar refractivity (Wildman–Crippen MR) is 52.4 cm³/mol. The molecule has 0 saturated heterocycles. The lowest BCUT2D eigenvalue weighted by Crippen LogP contribution is -2.19. The van der Waals surface area contributed by atoms with Crippen molar-refractivity contribution in [3.05, 3.63) is 30.0 Å². The van der Waals surface area contributed by atoms with Gasteiger partial charge in [-0.25, -0.2) is 0 Å². The van der Waals surface area contributed by atoms with Crippen molar-refractivity contribution < 1.29 is 19.4 Å². The van der Waals surface area contributed by atoms with E-state index in [1.54, 1.807) is 12.1 Å². The average Bonchev–Trinajstić information content (AvgIpc) is 2.61. The SMILES string of the molecule is NC(C(=O)O)c1cc2c(O)cccc2o1. The van der Waals surface area contributed by atoms with Crippen LogP contribution in [-0.4, -0.2) is 16.2 Å². The van der Waals surface area contributed by atoms with Gasteiger partial charge in [0.25, 0.3) is 0 Å². The van der Waals surface area contributed by atoms with Crippen LogP contribution >= 0.6 is 0 Å². The lowest BCUT2D eigenvalue weighted by molar-refractivity contribution is -0.139. The van der Waals surface area contributed by atoms with Gasteiger partial charge in [-0.15, -0.1) is 0 Å². The second-order valence-corrected chi connectivity index (χ2v) is 3.15. The van der Waals surface area contributed by atoms with Gasteiger partial charge in [-0.05, 0) is 18.2 Å². The van der Waals surface area contributed by atoms with Crippen LogP contribution in [0.2, 0.25) is 0 Å². The molecule has 0 spiro atoms. The van der Waals surface area contributed by atoms with Crippen LogP contribution in [0.5, 0.6) is 5.75 Å². The number of furan rings is 1. The zero-order chi connectivity index (χ0) is 11.0. The van der Waals surface area contributed by atoms with E-state index in [0.29, 0.717) is 11.0 Å². The van der Waals surface area contributed by atoms with Gasteiger partial charge in [-0.3, -0.25) is 4.79 Å². The van der Waals surface area contributed by atoms with Gasteiger partial charge in [0.2, 0.25) is 0 Å². The molecule has 2 rings (SSSR count). The van der Waals surface area contributed by atoms with Gasteiger partial charge in [0, 0.05) is 0 Å². The molecule has 0 amide bonds. The van der Waals surface area contributed by atoms with E-state index in [1.165, 1.54) is 12.1 Å². The van der Waals surface area contributed by atoms with Crippen LogP contribution in [0.4, 0.5) is 0 Å². The van der Waals surface area contributed by atoms with Crippen LogP contribution < -0.4 is 5.73 Å². The van der Waals surface area contributed by atoms with E-state index in [9.17, 15) is 9.90 Å². The Morgan fingerprint density at radius 2 is 2.20 bits per heavy atom.